The minimum atomic E-state index is -0.157. The van der Waals surface area contributed by atoms with Gasteiger partial charge in [0.1, 0.15) is 5.82 Å². The topological polar surface area (TPSA) is 33.5 Å². The number of rotatable bonds is 8. The molecule has 0 spiro atoms. The maximum absolute atomic E-state index is 6.91. The zero-order valence-corrected chi connectivity index (χ0v) is 42.2. The van der Waals surface area contributed by atoms with E-state index in [1.807, 2.05) is 12.3 Å². The monoisotopic (exact) mass is 1020 g/mol. The molecule has 332 valence electrons. The van der Waals surface area contributed by atoms with Gasteiger partial charge in [0.15, 0.2) is 0 Å². The SMILES string of the molecule is CCC(CC)c1cccc(N2[CH-]N(c3[c-]c(Oc4[c-]c5c(cc4)c4cc(C(C)(C)C)ccc4n5-c4cc(C(C)(C)C)ccn4)cc(C(C)(C)C)c3)c3cc(C(C)(C)C)ccc32)c1.[Pt]. The zero-order valence-electron chi connectivity index (χ0n) is 39.9. The Labute approximate surface area is 392 Å². The van der Waals surface area contributed by atoms with Crippen LogP contribution in [0.2, 0.25) is 0 Å². The normalized spacial score (nSPS) is 13.6. The average molecular weight is 1020 g/mol. The van der Waals surface area contributed by atoms with Gasteiger partial charge in [0, 0.05) is 61.3 Å². The molecule has 63 heavy (non-hydrogen) atoms. The van der Waals surface area contributed by atoms with Crippen molar-refractivity contribution in [1.82, 2.24) is 9.55 Å². The van der Waals surface area contributed by atoms with E-state index in [0.29, 0.717) is 17.4 Å². The first kappa shape index (κ1) is 46.1. The number of hydrogen-bond acceptors (Lipinski definition) is 4. The summed E-state index contributed by atoms with van der Waals surface area (Å²) in [5, 5.41) is 2.29. The van der Waals surface area contributed by atoms with Gasteiger partial charge in [-0.05, 0) is 111 Å². The molecule has 0 atom stereocenters. The molecule has 5 nitrogen and oxygen atoms in total. The number of aromatic nitrogens is 2. The Hall–Kier alpha value is -4.86. The van der Waals surface area contributed by atoms with Crippen LogP contribution in [0.3, 0.4) is 0 Å². The van der Waals surface area contributed by atoms with Crippen molar-refractivity contribution in [2.24, 2.45) is 0 Å². The number of hydrogen-bond donors (Lipinski definition) is 0. The third-order valence-corrected chi connectivity index (χ3v) is 12.7. The molecule has 5 aromatic carbocycles. The standard InChI is InChI=1S/C57H65N4O.Pt/c1-15-37(16-2)38-18-17-19-43(28-38)59-36-60(52-32-40(55(6,7)8)21-25-50(52)59)44-29-42(57(12,13)14)30-46(34-44)62-45-22-23-47-48-31-39(54(3,4)5)20-24-49(48)61(51(47)35-45)53-33-41(26-27-58-53)56(9,10)11;/h17-33,36-37H,15-16H2,1-14H3;/q-3;. The third kappa shape index (κ3) is 9.10. The summed E-state index contributed by atoms with van der Waals surface area (Å²) in [5.41, 5.74) is 12.5. The number of ether oxygens (including phenoxy) is 1. The van der Waals surface area contributed by atoms with E-state index < -0.39 is 0 Å². The van der Waals surface area contributed by atoms with Crippen LogP contribution >= 0.6 is 0 Å². The van der Waals surface area contributed by atoms with E-state index in [2.05, 4.69) is 221 Å². The number of benzene rings is 5. The van der Waals surface area contributed by atoms with Crippen molar-refractivity contribution in [2.75, 3.05) is 9.80 Å². The molecular formula is C57H65N4OPt-3. The molecular weight excluding hydrogens is 952 g/mol. The Bertz CT molecular complexity index is 2780. The van der Waals surface area contributed by atoms with Crippen LogP contribution in [0.4, 0.5) is 22.7 Å². The smallest absolute Gasteiger partial charge is 0.135 e. The van der Waals surface area contributed by atoms with Crippen molar-refractivity contribution in [1.29, 1.82) is 0 Å². The molecule has 2 aromatic heterocycles. The molecule has 0 amide bonds. The molecule has 3 heterocycles. The fourth-order valence-electron chi connectivity index (χ4n) is 8.67. The van der Waals surface area contributed by atoms with Crippen LogP contribution in [0.15, 0.2) is 103 Å². The third-order valence-electron chi connectivity index (χ3n) is 12.7. The summed E-state index contributed by atoms with van der Waals surface area (Å²) in [6, 6.07) is 43.3. The zero-order chi connectivity index (χ0) is 44.5. The van der Waals surface area contributed by atoms with Gasteiger partial charge in [-0.25, -0.2) is 4.98 Å². The largest absolute Gasteiger partial charge is 0.509 e. The maximum Gasteiger partial charge on any atom is 0.135 e. The van der Waals surface area contributed by atoms with E-state index in [4.69, 9.17) is 9.72 Å². The minimum absolute atomic E-state index is 0. The van der Waals surface area contributed by atoms with Crippen LogP contribution in [0, 0.1) is 18.8 Å². The summed E-state index contributed by atoms with van der Waals surface area (Å²) in [6.07, 6.45) is 4.16. The Kier molecular flexibility index (Phi) is 12.4. The summed E-state index contributed by atoms with van der Waals surface area (Å²) in [4.78, 5) is 9.57. The molecule has 0 radical (unpaired) electrons. The van der Waals surface area contributed by atoms with Gasteiger partial charge >= 0.3 is 0 Å². The minimum Gasteiger partial charge on any atom is -0.509 e. The van der Waals surface area contributed by atoms with E-state index in [1.165, 1.54) is 27.6 Å². The molecule has 0 N–H and O–H groups in total. The van der Waals surface area contributed by atoms with E-state index in [9.17, 15) is 0 Å². The summed E-state index contributed by atoms with van der Waals surface area (Å²) < 4.78 is 9.16. The van der Waals surface area contributed by atoms with Crippen molar-refractivity contribution >= 4 is 44.6 Å². The molecule has 0 saturated heterocycles. The van der Waals surface area contributed by atoms with E-state index >= 15 is 0 Å². The maximum atomic E-state index is 6.91. The van der Waals surface area contributed by atoms with E-state index in [0.717, 1.165) is 63.4 Å². The molecule has 0 saturated carbocycles. The first-order valence-electron chi connectivity index (χ1n) is 22.6. The van der Waals surface area contributed by atoms with Gasteiger partial charge in [0.2, 0.25) is 0 Å². The predicted octanol–water partition coefficient (Wildman–Crippen LogP) is 16.1. The van der Waals surface area contributed by atoms with Crippen LogP contribution in [0.1, 0.15) is 144 Å². The number of pyridine rings is 1. The second kappa shape index (κ2) is 16.9. The van der Waals surface area contributed by atoms with Gasteiger partial charge in [0.25, 0.3) is 0 Å². The summed E-state index contributed by atoms with van der Waals surface area (Å²) in [5.74, 6) is 2.66. The van der Waals surface area contributed by atoms with Gasteiger partial charge in [-0.2, -0.15) is 6.07 Å². The molecule has 1 aliphatic heterocycles. The van der Waals surface area contributed by atoms with Gasteiger partial charge < -0.3 is 19.1 Å². The van der Waals surface area contributed by atoms with Crippen molar-refractivity contribution in [3.63, 3.8) is 0 Å². The quantitative estimate of drug-likeness (QED) is 0.142. The van der Waals surface area contributed by atoms with Gasteiger partial charge in [0.05, 0.1) is 0 Å². The molecule has 0 bridgehead atoms. The molecule has 0 unspecified atom stereocenters. The van der Waals surface area contributed by atoms with Crippen LogP contribution in [0.5, 0.6) is 11.5 Å². The first-order chi connectivity index (χ1) is 29.1. The predicted molar refractivity (Wildman–Crippen MR) is 262 cm³/mol. The van der Waals surface area contributed by atoms with Crippen molar-refractivity contribution in [3.05, 3.63) is 150 Å². The summed E-state index contributed by atoms with van der Waals surface area (Å²) in [7, 11) is 0. The van der Waals surface area contributed by atoms with Crippen molar-refractivity contribution in [2.45, 2.75) is 137 Å². The van der Waals surface area contributed by atoms with Crippen LogP contribution in [-0.2, 0) is 42.7 Å². The Morgan fingerprint density at radius 1 is 0.587 bits per heavy atom. The molecule has 7 aromatic rings. The fourth-order valence-corrected chi connectivity index (χ4v) is 8.67. The van der Waals surface area contributed by atoms with Crippen molar-refractivity contribution in [3.8, 4) is 17.3 Å². The number of fused-ring (bicyclic) bond motifs is 4. The number of nitrogens with zero attached hydrogens (tertiary/aromatic N) is 4. The summed E-state index contributed by atoms with van der Waals surface area (Å²) >= 11 is 0. The molecule has 6 heteroatoms. The second-order valence-corrected chi connectivity index (χ2v) is 21.4. The number of anilines is 4. The second-order valence-electron chi connectivity index (χ2n) is 21.4. The van der Waals surface area contributed by atoms with Crippen LogP contribution in [-0.4, -0.2) is 9.55 Å². The average Bonchev–Trinajstić information content (AvgIpc) is 3.75. The first-order valence-corrected chi connectivity index (χ1v) is 22.6. The Morgan fingerprint density at radius 3 is 1.90 bits per heavy atom. The Morgan fingerprint density at radius 2 is 1.24 bits per heavy atom. The molecule has 1 aliphatic rings. The van der Waals surface area contributed by atoms with Crippen molar-refractivity contribution < 1.29 is 25.8 Å². The van der Waals surface area contributed by atoms with Crippen LogP contribution < -0.4 is 14.5 Å². The summed E-state index contributed by atoms with van der Waals surface area (Å²) in [6.45, 7) is 33.9. The molecule has 0 aliphatic carbocycles. The Balaban J connectivity index is 0.00000595. The van der Waals surface area contributed by atoms with Gasteiger partial charge in [-0.3, -0.25) is 0 Å². The van der Waals surface area contributed by atoms with Gasteiger partial charge in [-0.1, -0.05) is 133 Å². The molecule has 0 fully saturated rings. The van der Waals surface area contributed by atoms with Crippen LogP contribution in [0.25, 0.3) is 27.6 Å². The fraction of sp³-hybridized carbons (Fsp3) is 0.368. The van der Waals surface area contributed by atoms with E-state index in [1.54, 1.807) is 0 Å². The molecule has 8 rings (SSSR count). The van der Waals surface area contributed by atoms with E-state index in [-0.39, 0.29) is 42.7 Å². The van der Waals surface area contributed by atoms with Gasteiger partial charge in [-0.15, -0.1) is 53.6 Å².